The molecule has 1 atom stereocenters. The number of alkyl halides is 3. The van der Waals surface area contributed by atoms with Crippen LogP contribution in [0.15, 0.2) is 54.6 Å². The van der Waals surface area contributed by atoms with Crippen LogP contribution in [0.25, 0.3) is 0 Å². The van der Waals surface area contributed by atoms with Gasteiger partial charge in [0.1, 0.15) is 6.04 Å². The number of piperazine rings is 1. The van der Waals surface area contributed by atoms with Gasteiger partial charge in [-0.3, -0.25) is 19.8 Å². The Morgan fingerprint density at radius 1 is 1.04 bits per heavy atom. The molecule has 0 bridgehead atoms. The maximum Gasteiger partial charge on any atom is 0.416 e. The normalized spacial score (nSPS) is 17.3. The third-order valence-electron chi connectivity index (χ3n) is 4.91. The van der Waals surface area contributed by atoms with Crippen LogP contribution in [0, 0.1) is 0 Å². The van der Waals surface area contributed by atoms with Gasteiger partial charge in [-0.25, -0.2) is 5.48 Å². The number of nitrogens with zero attached hydrogens (tertiary/aromatic N) is 2. The zero-order chi connectivity index (χ0) is 20.1. The molecule has 2 aromatic rings. The number of benzene rings is 2. The van der Waals surface area contributed by atoms with Crippen molar-refractivity contribution in [2.75, 3.05) is 26.2 Å². The molecule has 28 heavy (non-hydrogen) atoms. The summed E-state index contributed by atoms with van der Waals surface area (Å²) in [6, 6.07) is 13.9. The summed E-state index contributed by atoms with van der Waals surface area (Å²) >= 11 is 0. The van der Waals surface area contributed by atoms with Crippen LogP contribution in [0.4, 0.5) is 13.2 Å². The van der Waals surface area contributed by atoms with E-state index in [1.165, 1.54) is 12.1 Å². The molecule has 1 saturated heterocycles. The second-order valence-electron chi connectivity index (χ2n) is 6.80. The molecule has 0 radical (unpaired) electrons. The average molecular weight is 393 g/mol. The fraction of sp³-hybridized carbons (Fsp3) is 0.350. The molecule has 0 aliphatic carbocycles. The summed E-state index contributed by atoms with van der Waals surface area (Å²) in [6.07, 6.45) is -4.35. The predicted molar refractivity (Wildman–Crippen MR) is 97.4 cm³/mol. The molecule has 5 nitrogen and oxygen atoms in total. The van der Waals surface area contributed by atoms with Crippen LogP contribution in [-0.2, 0) is 17.5 Å². The standard InChI is InChI=1S/C20H22F3N3O2/c21-20(22,23)17-8-4-5-15(13-17)14-25-9-11-26(12-10-25)18(19(27)24-28)16-6-2-1-3-7-16/h1-8,13,18,28H,9-12,14H2,(H,24,27). The van der Waals surface area contributed by atoms with Crippen molar-refractivity contribution in [1.29, 1.82) is 0 Å². The minimum absolute atomic E-state index is 0.417. The van der Waals surface area contributed by atoms with E-state index in [-0.39, 0.29) is 0 Å². The highest BCUT2D eigenvalue weighted by molar-refractivity contribution is 5.82. The fourth-order valence-corrected chi connectivity index (χ4v) is 3.51. The number of nitrogens with one attached hydrogen (secondary N) is 1. The minimum atomic E-state index is -4.35. The molecule has 8 heteroatoms. The number of carbonyl (C=O) groups excluding carboxylic acids is 1. The maximum atomic E-state index is 12.9. The van der Waals surface area contributed by atoms with E-state index in [0.717, 1.165) is 11.6 Å². The van der Waals surface area contributed by atoms with Gasteiger partial charge in [0.25, 0.3) is 5.91 Å². The van der Waals surface area contributed by atoms with Crippen molar-refractivity contribution in [1.82, 2.24) is 15.3 Å². The monoisotopic (exact) mass is 393 g/mol. The summed E-state index contributed by atoms with van der Waals surface area (Å²) in [5, 5.41) is 9.11. The molecule has 0 aromatic heterocycles. The molecule has 3 rings (SSSR count). The molecule has 1 aliphatic heterocycles. The Morgan fingerprint density at radius 3 is 2.32 bits per heavy atom. The van der Waals surface area contributed by atoms with Gasteiger partial charge in [-0.2, -0.15) is 13.2 Å². The van der Waals surface area contributed by atoms with Crippen LogP contribution < -0.4 is 5.48 Å². The topological polar surface area (TPSA) is 55.8 Å². The third-order valence-corrected chi connectivity index (χ3v) is 4.91. The van der Waals surface area contributed by atoms with Crippen LogP contribution in [0.1, 0.15) is 22.7 Å². The molecular formula is C20H22F3N3O2. The van der Waals surface area contributed by atoms with Crippen LogP contribution in [0.3, 0.4) is 0 Å². The predicted octanol–water partition coefficient (Wildman–Crippen LogP) is 3.07. The van der Waals surface area contributed by atoms with E-state index < -0.39 is 23.7 Å². The number of hydroxylamine groups is 1. The average Bonchev–Trinajstić information content (AvgIpc) is 2.70. The van der Waals surface area contributed by atoms with Crippen LogP contribution >= 0.6 is 0 Å². The third kappa shape index (κ3) is 4.89. The van der Waals surface area contributed by atoms with Gasteiger partial charge in [-0.05, 0) is 17.2 Å². The van der Waals surface area contributed by atoms with Crippen LogP contribution in [0.2, 0.25) is 0 Å². The van der Waals surface area contributed by atoms with Gasteiger partial charge in [-0.1, -0.05) is 48.5 Å². The van der Waals surface area contributed by atoms with Gasteiger partial charge in [0, 0.05) is 32.7 Å². The van der Waals surface area contributed by atoms with E-state index in [4.69, 9.17) is 5.21 Å². The summed E-state index contributed by atoms with van der Waals surface area (Å²) in [5.74, 6) is -0.502. The van der Waals surface area contributed by atoms with E-state index in [1.807, 2.05) is 35.2 Å². The number of hydrogen-bond donors (Lipinski definition) is 2. The van der Waals surface area contributed by atoms with E-state index in [1.54, 1.807) is 11.5 Å². The number of carbonyl (C=O) groups is 1. The van der Waals surface area contributed by atoms with Crippen molar-refractivity contribution >= 4 is 5.91 Å². The smallest absolute Gasteiger partial charge is 0.297 e. The molecule has 1 unspecified atom stereocenters. The Kier molecular flexibility index (Phi) is 6.33. The van der Waals surface area contributed by atoms with E-state index in [9.17, 15) is 18.0 Å². The zero-order valence-electron chi connectivity index (χ0n) is 15.2. The first-order valence-electron chi connectivity index (χ1n) is 9.00. The largest absolute Gasteiger partial charge is 0.416 e. The second-order valence-corrected chi connectivity index (χ2v) is 6.80. The molecule has 1 heterocycles. The van der Waals surface area contributed by atoms with Crippen molar-refractivity contribution in [3.8, 4) is 0 Å². The number of amides is 1. The number of hydrogen-bond acceptors (Lipinski definition) is 4. The van der Waals surface area contributed by atoms with E-state index >= 15 is 0 Å². The lowest BCUT2D eigenvalue weighted by Gasteiger charge is -2.38. The second kappa shape index (κ2) is 8.72. The van der Waals surface area contributed by atoms with Crippen molar-refractivity contribution in [3.63, 3.8) is 0 Å². The summed E-state index contributed by atoms with van der Waals surface area (Å²) in [7, 11) is 0. The number of rotatable bonds is 5. The van der Waals surface area contributed by atoms with E-state index in [2.05, 4.69) is 4.90 Å². The van der Waals surface area contributed by atoms with Gasteiger partial charge in [0.05, 0.1) is 5.56 Å². The Bertz CT molecular complexity index is 791. The molecule has 1 fully saturated rings. The highest BCUT2D eigenvalue weighted by Gasteiger charge is 2.32. The molecule has 150 valence electrons. The summed E-state index contributed by atoms with van der Waals surface area (Å²) < 4.78 is 38.6. The maximum absolute atomic E-state index is 12.9. The molecule has 2 N–H and O–H groups in total. The highest BCUT2D eigenvalue weighted by atomic mass is 19.4. The van der Waals surface area contributed by atoms with Gasteiger partial charge < -0.3 is 0 Å². The van der Waals surface area contributed by atoms with E-state index in [0.29, 0.717) is 38.3 Å². The van der Waals surface area contributed by atoms with Crippen LogP contribution in [0.5, 0.6) is 0 Å². The lowest BCUT2D eigenvalue weighted by atomic mass is 10.0. The molecule has 2 aromatic carbocycles. The fourth-order valence-electron chi connectivity index (χ4n) is 3.51. The first kappa shape index (κ1) is 20.3. The van der Waals surface area contributed by atoms with Crippen molar-refractivity contribution in [3.05, 3.63) is 71.3 Å². The van der Waals surface area contributed by atoms with Crippen molar-refractivity contribution in [2.24, 2.45) is 0 Å². The first-order chi connectivity index (χ1) is 13.4. The lowest BCUT2D eigenvalue weighted by molar-refractivity contribution is -0.137. The molecule has 0 saturated carbocycles. The van der Waals surface area contributed by atoms with Gasteiger partial charge in [0.15, 0.2) is 0 Å². The Balaban J connectivity index is 1.64. The number of halogens is 3. The summed E-state index contributed by atoms with van der Waals surface area (Å²) in [5.41, 5.74) is 2.47. The van der Waals surface area contributed by atoms with Gasteiger partial charge >= 0.3 is 6.18 Å². The molecular weight excluding hydrogens is 371 g/mol. The Morgan fingerprint density at radius 2 is 1.71 bits per heavy atom. The molecule has 0 spiro atoms. The summed E-state index contributed by atoms with van der Waals surface area (Å²) in [4.78, 5) is 16.2. The quantitative estimate of drug-likeness (QED) is 0.606. The van der Waals surface area contributed by atoms with Gasteiger partial charge in [-0.15, -0.1) is 0 Å². The SMILES string of the molecule is O=C(NO)C(c1ccccc1)N1CCN(Cc2cccc(C(F)(F)F)c2)CC1. The molecule has 1 aliphatic rings. The minimum Gasteiger partial charge on any atom is -0.297 e. The lowest BCUT2D eigenvalue weighted by Crippen LogP contribution is -2.50. The molecule has 1 amide bonds. The Hall–Kier alpha value is -2.42. The zero-order valence-corrected chi connectivity index (χ0v) is 15.2. The summed E-state index contributed by atoms with van der Waals surface area (Å²) in [6.45, 7) is 2.76. The highest BCUT2D eigenvalue weighted by Crippen LogP contribution is 2.30. The Labute approximate surface area is 161 Å². The van der Waals surface area contributed by atoms with Gasteiger partial charge in [0.2, 0.25) is 0 Å². The van der Waals surface area contributed by atoms with Crippen molar-refractivity contribution in [2.45, 2.75) is 18.8 Å². The van der Waals surface area contributed by atoms with Crippen molar-refractivity contribution < 1.29 is 23.2 Å². The van der Waals surface area contributed by atoms with Crippen LogP contribution in [-0.4, -0.2) is 47.1 Å². The first-order valence-corrected chi connectivity index (χ1v) is 9.00.